The Bertz CT molecular complexity index is 530. The summed E-state index contributed by atoms with van der Waals surface area (Å²) < 4.78 is 7.19. The van der Waals surface area contributed by atoms with E-state index in [0.717, 1.165) is 0 Å². The normalized spacial score (nSPS) is 13.0. The van der Waals surface area contributed by atoms with E-state index < -0.39 is 11.6 Å². The number of ether oxygens (including phenoxy) is 1. The number of aromatic nitrogens is 3. The van der Waals surface area contributed by atoms with Gasteiger partial charge in [0, 0.05) is 5.41 Å². The summed E-state index contributed by atoms with van der Waals surface area (Å²) >= 11 is 0. The quantitative estimate of drug-likeness (QED) is 0.846. The number of rotatable bonds is 4. The monoisotopic (exact) mass is 259 g/mol. The molecule has 1 aromatic carbocycles. The third kappa shape index (κ3) is 3.19. The van der Waals surface area contributed by atoms with E-state index in [9.17, 15) is 4.79 Å². The van der Waals surface area contributed by atoms with Gasteiger partial charge >= 0.3 is 0 Å². The summed E-state index contributed by atoms with van der Waals surface area (Å²) in [5.41, 5.74) is -0.522. The van der Waals surface area contributed by atoms with Crippen LogP contribution in [0.5, 0.6) is 5.75 Å². The van der Waals surface area contributed by atoms with Crippen LogP contribution in [0.4, 0.5) is 0 Å². The summed E-state index contributed by atoms with van der Waals surface area (Å²) in [4.78, 5) is 16.3. The zero-order valence-electron chi connectivity index (χ0n) is 11.3. The van der Waals surface area contributed by atoms with Gasteiger partial charge in [0.25, 0.3) is 6.23 Å². The maximum absolute atomic E-state index is 12.5. The number of hydrogen-bond acceptors (Lipinski definition) is 4. The van der Waals surface area contributed by atoms with Crippen molar-refractivity contribution >= 4 is 5.78 Å². The Kier molecular flexibility index (Phi) is 3.64. The van der Waals surface area contributed by atoms with Crippen molar-refractivity contribution in [2.45, 2.75) is 27.0 Å². The number of carbonyl (C=O) groups is 1. The van der Waals surface area contributed by atoms with Gasteiger partial charge in [0.1, 0.15) is 18.4 Å². The highest BCUT2D eigenvalue weighted by atomic mass is 16.5. The van der Waals surface area contributed by atoms with Gasteiger partial charge in [-0.1, -0.05) is 39.0 Å². The van der Waals surface area contributed by atoms with Gasteiger partial charge in [-0.2, -0.15) is 5.10 Å². The minimum atomic E-state index is -0.801. The van der Waals surface area contributed by atoms with Crippen molar-refractivity contribution in [2.75, 3.05) is 0 Å². The molecule has 0 amide bonds. The Morgan fingerprint density at radius 2 is 1.95 bits per heavy atom. The third-order valence-electron chi connectivity index (χ3n) is 2.63. The van der Waals surface area contributed by atoms with Crippen LogP contribution in [0.1, 0.15) is 27.0 Å². The van der Waals surface area contributed by atoms with Crippen molar-refractivity contribution in [3.8, 4) is 5.75 Å². The summed E-state index contributed by atoms with van der Waals surface area (Å²) in [6, 6.07) is 9.22. The topological polar surface area (TPSA) is 57.0 Å². The van der Waals surface area contributed by atoms with Crippen molar-refractivity contribution < 1.29 is 9.53 Å². The molecule has 0 aliphatic rings. The first kappa shape index (κ1) is 13.3. The SMILES string of the molecule is CC(C)(C)C(=O)[C@@H](Oc1ccccc1)n1cncn1. The highest BCUT2D eigenvalue weighted by Gasteiger charge is 2.33. The summed E-state index contributed by atoms with van der Waals surface area (Å²) in [5.74, 6) is 0.572. The van der Waals surface area contributed by atoms with Crippen LogP contribution in [0.2, 0.25) is 0 Å². The van der Waals surface area contributed by atoms with Gasteiger partial charge in [0.05, 0.1) is 0 Å². The van der Waals surface area contributed by atoms with E-state index in [1.165, 1.54) is 17.3 Å². The highest BCUT2D eigenvalue weighted by Crippen LogP contribution is 2.25. The zero-order chi connectivity index (χ0) is 13.9. The summed E-state index contributed by atoms with van der Waals surface area (Å²) in [6.07, 6.45) is 2.07. The predicted octanol–water partition coefficient (Wildman–Crippen LogP) is 2.47. The molecule has 0 N–H and O–H groups in total. The third-order valence-corrected chi connectivity index (χ3v) is 2.63. The summed E-state index contributed by atoms with van der Waals surface area (Å²) in [5, 5.41) is 4.01. The number of hydrogen-bond donors (Lipinski definition) is 0. The Labute approximate surface area is 112 Å². The van der Waals surface area contributed by atoms with Crippen LogP contribution in [-0.2, 0) is 4.79 Å². The number of nitrogens with zero attached hydrogens (tertiary/aromatic N) is 3. The molecule has 2 aromatic rings. The van der Waals surface area contributed by atoms with E-state index in [4.69, 9.17) is 4.74 Å². The van der Waals surface area contributed by atoms with Gasteiger partial charge < -0.3 is 4.74 Å². The second-order valence-electron chi connectivity index (χ2n) is 5.27. The lowest BCUT2D eigenvalue weighted by Crippen LogP contribution is -2.34. The van der Waals surface area contributed by atoms with Crippen LogP contribution in [0, 0.1) is 5.41 Å². The van der Waals surface area contributed by atoms with Crippen LogP contribution in [0.3, 0.4) is 0 Å². The molecule has 100 valence electrons. The Hall–Kier alpha value is -2.17. The van der Waals surface area contributed by atoms with Gasteiger partial charge in [-0.15, -0.1) is 0 Å². The Morgan fingerprint density at radius 1 is 1.26 bits per heavy atom. The Morgan fingerprint density at radius 3 is 2.47 bits per heavy atom. The van der Waals surface area contributed by atoms with Crippen LogP contribution < -0.4 is 4.74 Å². The summed E-state index contributed by atoms with van der Waals surface area (Å²) in [6.45, 7) is 5.56. The molecular weight excluding hydrogens is 242 g/mol. The zero-order valence-corrected chi connectivity index (χ0v) is 11.3. The van der Waals surface area contributed by atoms with E-state index in [-0.39, 0.29) is 5.78 Å². The number of carbonyl (C=O) groups excluding carboxylic acids is 1. The molecule has 0 spiro atoms. The molecule has 1 atom stereocenters. The second-order valence-corrected chi connectivity index (χ2v) is 5.27. The van der Waals surface area contributed by atoms with Crippen LogP contribution in [0.25, 0.3) is 0 Å². The molecule has 1 aromatic heterocycles. The number of Topliss-reactive ketones (excluding diaryl/α,β-unsaturated/α-hetero) is 1. The molecule has 0 radical (unpaired) electrons. The fourth-order valence-electron chi connectivity index (χ4n) is 1.56. The van der Waals surface area contributed by atoms with Gasteiger partial charge in [-0.05, 0) is 12.1 Å². The minimum Gasteiger partial charge on any atom is -0.461 e. The predicted molar refractivity (Wildman–Crippen MR) is 70.6 cm³/mol. The smallest absolute Gasteiger partial charge is 0.252 e. The van der Waals surface area contributed by atoms with Crippen molar-refractivity contribution in [1.82, 2.24) is 14.8 Å². The van der Waals surface area contributed by atoms with E-state index in [1.54, 1.807) is 12.1 Å². The number of ketones is 1. The Balaban J connectivity index is 2.28. The lowest BCUT2D eigenvalue weighted by molar-refractivity contribution is -0.138. The largest absolute Gasteiger partial charge is 0.461 e. The van der Waals surface area contributed by atoms with E-state index in [2.05, 4.69) is 10.1 Å². The first-order chi connectivity index (χ1) is 8.98. The minimum absolute atomic E-state index is 0.0538. The molecule has 2 rings (SSSR count). The van der Waals surface area contributed by atoms with Crippen LogP contribution in [0.15, 0.2) is 43.0 Å². The molecule has 0 saturated carbocycles. The lowest BCUT2D eigenvalue weighted by Gasteiger charge is -2.25. The van der Waals surface area contributed by atoms with Crippen molar-refractivity contribution in [3.63, 3.8) is 0 Å². The molecule has 0 bridgehead atoms. The fraction of sp³-hybridized carbons (Fsp3) is 0.357. The maximum atomic E-state index is 12.5. The molecule has 0 unspecified atom stereocenters. The molecular formula is C14H17N3O2. The first-order valence-electron chi connectivity index (χ1n) is 6.08. The van der Waals surface area contributed by atoms with E-state index in [1.807, 2.05) is 39.0 Å². The molecule has 5 heteroatoms. The van der Waals surface area contributed by atoms with Crippen LogP contribution in [-0.4, -0.2) is 20.5 Å². The average molecular weight is 259 g/mol. The van der Waals surface area contributed by atoms with E-state index in [0.29, 0.717) is 5.75 Å². The first-order valence-corrected chi connectivity index (χ1v) is 6.08. The molecule has 0 aliphatic carbocycles. The van der Waals surface area contributed by atoms with E-state index >= 15 is 0 Å². The molecule has 0 aliphatic heterocycles. The van der Waals surface area contributed by atoms with Gasteiger partial charge in [0.15, 0.2) is 0 Å². The lowest BCUT2D eigenvalue weighted by atomic mass is 9.90. The fourth-order valence-corrected chi connectivity index (χ4v) is 1.56. The van der Waals surface area contributed by atoms with Crippen LogP contribution >= 0.6 is 0 Å². The number of benzene rings is 1. The highest BCUT2D eigenvalue weighted by molar-refractivity contribution is 5.86. The van der Waals surface area contributed by atoms with Gasteiger partial charge in [0.2, 0.25) is 5.78 Å². The molecule has 0 fully saturated rings. The second kappa shape index (κ2) is 5.22. The molecule has 19 heavy (non-hydrogen) atoms. The van der Waals surface area contributed by atoms with Gasteiger partial charge in [-0.25, -0.2) is 9.67 Å². The standard InChI is InChI=1S/C14H17N3O2/c1-14(2,3)12(18)13(17-10-15-9-16-17)19-11-7-5-4-6-8-11/h4-10,13H,1-3H3/t13-/m1/s1. The van der Waals surface area contributed by atoms with Crippen molar-refractivity contribution in [2.24, 2.45) is 5.41 Å². The average Bonchev–Trinajstić information content (AvgIpc) is 2.89. The molecule has 0 saturated heterocycles. The van der Waals surface area contributed by atoms with Gasteiger partial charge in [-0.3, -0.25) is 4.79 Å². The molecule has 5 nitrogen and oxygen atoms in total. The summed E-state index contributed by atoms with van der Waals surface area (Å²) in [7, 11) is 0. The number of para-hydroxylation sites is 1. The maximum Gasteiger partial charge on any atom is 0.252 e. The molecule has 1 heterocycles. The van der Waals surface area contributed by atoms with Crippen molar-refractivity contribution in [1.29, 1.82) is 0 Å². The van der Waals surface area contributed by atoms with Crippen molar-refractivity contribution in [3.05, 3.63) is 43.0 Å².